The standard InChI is InChI=1S/C19H15ClN4OS/c1-11-17(18(20)24(23-11)14-6-4-3-5-7-14)19(25)22-13-8-9-15-16(10-13)26-12(2)21-15/h3-10H,1-2H3,(H,22,25). The zero-order chi connectivity index (χ0) is 18.3. The number of carbonyl (C=O) groups excluding carboxylic acids is 1. The Balaban J connectivity index is 1.66. The molecule has 26 heavy (non-hydrogen) atoms. The third-order valence-electron chi connectivity index (χ3n) is 3.99. The molecule has 0 fully saturated rings. The molecule has 2 aromatic heterocycles. The first kappa shape index (κ1) is 16.8. The molecule has 7 heteroatoms. The average molecular weight is 383 g/mol. The van der Waals surface area contributed by atoms with Crippen LogP contribution in [0.1, 0.15) is 21.1 Å². The second-order valence-electron chi connectivity index (χ2n) is 5.87. The Kier molecular flexibility index (Phi) is 4.22. The van der Waals surface area contributed by atoms with E-state index in [1.807, 2.05) is 55.5 Å². The van der Waals surface area contributed by atoms with Crippen molar-refractivity contribution in [2.75, 3.05) is 5.32 Å². The molecule has 0 unspecified atom stereocenters. The number of halogens is 1. The van der Waals surface area contributed by atoms with Gasteiger partial charge in [-0.3, -0.25) is 4.79 Å². The summed E-state index contributed by atoms with van der Waals surface area (Å²) in [4.78, 5) is 17.2. The van der Waals surface area contributed by atoms with Gasteiger partial charge in [0.2, 0.25) is 0 Å². The van der Waals surface area contributed by atoms with E-state index in [0.717, 1.165) is 20.9 Å². The molecule has 2 aromatic carbocycles. The maximum atomic E-state index is 12.8. The van der Waals surface area contributed by atoms with E-state index in [-0.39, 0.29) is 5.91 Å². The van der Waals surface area contributed by atoms with E-state index in [2.05, 4.69) is 15.4 Å². The maximum absolute atomic E-state index is 12.8. The molecule has 5 nitrogen and oxygen atoms in total. The monoisotopic (exact) mass is 382 g/mol. The number of para-hydroxylation sites is 1. The summed E-state index contributed by atoms with van der Waals surface area (Å²) in [5.41, 5.74) is 3.38. The molecule has 1 N–H and O–H groups in total. The number of benzene rings is 2. The molecule has 0 radical (unpaired) electrons. The Morgan fingerprint density at radius 1 is 1.15 bits per heavy atom. The van der Waals surface area contributed by atoms with Crippen LogP contribution < -0.4 is 5.32 Å². The van der Waals surface area contributed by atoms with E-state index in [4.69, 9.17) is 11.6 Å². The number of hydrogen-bond donors (Lipinski definition) is 1. The van der Waals surface area contributed by atoms with Crippen LogP contribution in [0.25, 0.3) is 15.9 Å². The lowest BCUT2D eigenvalue weighted by atomic mass is 10.2. The zero-order valence-corrected chi connectivity index (χ0v) is 15.7. The van der Waals surface area contributed by atoms with E-state index in [0.29, 0.717) is 22.1 Å². The first-order chi connectivity index (χ1) is 12.5. The Morgan fingerprint density at radius 3 is 2.69 bits per heavy atom. The second kappa shape index (κ2) is 6.55. The van der Waals surface area contributed by atoms with Crippen molar-refractivity contribution in [1.29, 1.82) is 0 Å². The Labute approximate surface area is 159 Å². The molecular formula is C19H15ClN4OS. The lowest BCUT2D eigenvalue weighted by molar-refractivity contribution is 0.102. The minimum atomic E-state index is -0.282. The van der Waals surface area contributed by atoms with Gasteiger partial charge in [0.25, 0.3) is 5.91 Å². The number of anilines is 1. The SMILES string of the molecule is Cc1nc2ccc(NC(=O)c3c(C)nn(-c4ccccc4)c3Cl)cc2s1. The highest BCUT2D eigenvalue weighted by Gasteiger charge is 2.21. The van der Waals surface area contributed by atoms with Crippen LogP contribution in [0.15, 0.2) is 48.5 Å². The first-order valence-corrected chi connectivity index (χ1v) is 9.21. The molecule has 0 saturated carbocycles. The van der Waals surface area contributed by atoms with Crippen LogP contribution in [0, 0.1) is 13.8 Å². The van der Waals surface area contributed by atoms with Crippen molar-refractivity contribution in [3.8, 4) is 5.69 Å². The van der Waals surface area contributed by atoms with Gasteiger partial charge in [-0.1, -0.05) is 29.8 Å². The van der Waals surface area contributed by atoms with Gasteiger partial charge in [-0.25, -0.2) is 9.67 Å². The number of aromatic nitrogens is 3. The summed E-state index contributed by atoms with van der Waals surface area (Å²) in [7, 11) is 0. The van der Waals surface area contributed by atoms with Crippen molar-refractivity contribution >= 4 is 44.7 Å². The van der Waals surface area contributed by atoms with E-state index < -0.39 is 0 Å². The summed E-state index contributed by atoms with van der Waals surface area (Å²) in [5, 5.41) is 8.61. The Bertz CT molecular complexity index is 1120. The van der Waals surface area contributed by atoms with Crippen LogP contribution in [0.2, 0.25) is 5.15 Å². The first-order valence-electron chi connectivity index (χ1n) is 8.02. The molecule has 4 rings (SSSR count). The molecule has 0 spiro atoms. The van der Waals surface area contributed by atoms with Crippen LogP contribution in [0.5, 0.6) is 0 Å². The molecule has 0 bridgehead atoms. The zero-order valence-electron chi connectivity index (χ0n) is 14.2. The summed E-state index contributed by atoms with van der Waals surface area (Å²) < 4.78 is 2.60. The topological polar surface area (TPSA) is 59.8 Å². The number of rotatable bonds is 3. The summed E-state index contributed by atoms with van der Waals surface area (Å²) in [6, 6.07) is 15.1. The number of hydrogen-bond acceptors (Lipinski definition) is 4. The molecule has 0 atom stereocenters. The highest BCUT2D eigenvalue weighted by Crippen LogP contribution is 2.27. The molecule has 0 saturated heterocycles. The van der Waals surface area contributed by atoms with E-state index in [1.165, 1.54) is 0 Å². The van der Waals surface area contributed by atoms with Crippen LogP contribution in [-0.4, -0.2) is 20.7 Å². The molecule has 4 aromatic rings. The summed E-state index contributed by atoms with van der Waals surface area (Å²) in [6.45, 7) is 3.74. The Hall–Kier alpha value is -2.70. The van der Waals surface area contributed by atoms with Gasteiger partial charge in [0.15, 0.2) is 0 Å². The number of amides is 1. The average Bonchev–Trinajstić information content (AvgIpc) is 3.13. The van der Waals surface area contributed by atoms with E-state index >= 15 is 0 Å². The highest BCUT2D eigenvalue weighted by molar-refractivity contribution is 7.18. The largest absolute Gasteiger partial charge is 0.322 e. The number of nitrogens with zero attached hydrogens (tertiary/aromatic N) is 3. The van der Waals surface area contributed by atoms with Crippen molar-refractivity contribution in [2.24, 2.45) is 0 Å². The molecule has 2 heterocycles. The van der Waals surface area contributed by atoms with Crippen molar-refractivity contribution < 1.29 is 4.79 Å². The normalized spacial score (nSPS) is 11.0. The van der Waals surface area contributed by atoms with Crippen molar-refractivity contribution in [2.45, 2.75) is 13.8 Å². The van der Waals surface area contributed by atoms with Crippen molar-refractivity contribution in [3.05, 3.63) is 69.9 Å². The van der Waals surface area contributed by atoms with E-state index in [1.54, 1.807) is 22.9 Å². The smallest absolute Gasteiger partial charge is 0.260 e. The van der Waals surface area contributed by atoms with Gasteiger partial charge in [-0.2, -0.15) is 5.10 Å². The molecule has 1 amide bonds. The van der Waals surface area contributed by atoms with Crippen molar-refractivity contribution in [1.82, 2.24) is 14.8 Å². The minimum Gasteiger partial charge on any atom is -0.322 e. The van der Waals surface area contributed by atoms with Crippen LogP contribution >= 0.6 is 22.9 Å². The van der Waals surface area contributed by atoms with Crippen molar-refractivity contribution in [3.63, 3.8) is 0 Å². The predicted molar refractivity (Wildman–Crippen MR) is 106 cm³/mol. The molecule has 130 valence electrons. The van der Waals surface area contributed by atoms with Crippen LogP contribution in [-0.2, 0) is 0 Å². The summed E-state index contributed by atoms with van der Waals surface area (Å²) in [6.07, 6.45) is 0. The minimum absolute atomic E-state index is 0.282. The number of thiazole rings is 1. The van der Waals surface area contributed by atoms with E-state index in [9.17, 15) is 4.79 Å². The van der Waals surface area contributed by atoms with Gasteiger partial charge < -0.3 is 5.32 Å². The number of carbonyl (C=O) groups is 1. The fourth-order valence-corrected chi connectivity index (χ4v) is 4.03. The second-order valence-corrected chi connectivity index (χ2v) is 7.46. The lowest BCUT2D eigenvalue weighted by Crippen LogP contribution is -2.13. The molecule has 0 aliphatic carbocycles. The Morgan fingerprint density at radius 2 is 1.92 bits per heavy atom. The molecule has 0 aliphatic heterocycles. The quantitative estimate of drug-likeness (QED) is 0.542. The van der Waals surface area contributed by atoms with Gasteiger partial charge in [-0.05, 0) is 44.2 Å². The third kappa shape index (κ3) is 2.98. The maximum Gasteiger partial charge on any atom is 0.260 e. The summed E-state index contributed by atoms with van der Waals surface area (Å²) in [5.74, 6) is -0.282. The summed E-state index contributed by atoms with van der Waals surface area (Å²) >= 11 is 8.05. The fourth-order valence-electron chi connectivity index (χ4n) is 2.81. The lowest BCUT2D eigenvalue weighted by Gasteiger charge is -2.06. The fraction of sp³-hybridized carbons (Fsp3) is 0.105. The van der Waals surface area contributed by atoms with Gasteiger partial charge in [-0.15, -0.1) is 11.3 Å². The van der Waals surface area contributed by atoms with Gasteiger partial charge in [0.05, 0.1) is 26.6 Å². The molecule has 0 aliphatic rings. The number of fused-ring (bicyclic) bond motifs is 1. The van der Waals surface area contributed by atoms with Crippen LogP contribution in [0.4, 0.5) is 5.69 Å². The van der Waals surface area contributed by atoms with Gasteiger partial charge in [0.1, 0.15) is 10.7 Å². The highest BCUT2D eigenvalue weighted by atomic mass is 35.5. The molecular weight excluding hydrogens is 368 g/mol. The predicted octanol–water partition coefficient (Wildman–Crippen LogP) is 5.00. The van der Waals surface area contributed by atoms with Gasteiger partial charge in [0, 0.05) is 5.69 Å². The van der Waals surface area contributed by atoms with Gasteiger partial charge >= 0.3 is 0 Å². The van der Waals surface area contributed by atoms with Crippen LogP contribution in [0.3, 0.4) is 0 Å². The number of nitrogens with one attached hydrogen (secondary N) is 1. The third-order valence-corrected chi connectivity index (χ3v) is 5.27. The number of aryl methyl sites for hydroxylation is 2.